The van der Waals surface area contributed by atoms with Crippen LogP contribution in [0.3, 0.4) is 0 Å². The molecule has 6 nitrogen and oxygen atoms in total. The van der Waals surface area contributed by atoms with Crippen LogP contribution in [-0.2, 0) is 17.8 Å². The number of anilines is 1. The third kappa shape index (κ3) is 4.74. The summed E-state index contributed by atoms with van der Waals surface area (Å²) >= 11 is 1.55. The van der Waals surface area contributed by atoms with Crippen molar-refractivity contribution in [3.63, 3.8) is 0 Å². The van der Waals surface area contributed by atoms with Crippen LogP contribution < -0.4 is 10.6 Å². The summed E-state index contributed by atoms with van der Waals surface area (Å²) in [6.45, 7) is 3.66. The fourth-order valence-electron chi connectivity index (χ4n) is 2.35. The molecule has 0 atom stereocenters. The maximum absolute atomic E-state index is 12.2. The van der Waals surface area contributed by atoms with E-state index in [1.54, 1.807) is 11.3 Å². The van der Waals surface area contributed by atoms with Crippen molar-refractivity contribution >= 4 is 22.9 Å². The Kier molecular flexibility index (Phi) is 5.92. The molecule has 1 aromatic carbocycles. The average molecular weight is 356 g/mol. The zero-order chi connectivity index (χ0) is 17.5. The number of amides is 1. The normalized spacial score (nSPS) is 10.8. The monoisotopic (exact) mass is 356 g/mol. The molecule has 0 unspecified atom stereocenters. The molecular weight excluding hydrogens is 336 g/mol. The summed E-state index contributed by atoms with van der Waals surface area (Å²) in [4.78, 5) is 17.5. The summed E-state index contributed by atoms with van der Waals surface area (Å²) in [5, 5.41) is 12.1. The number of nitrogens with zero attached hydrogens (tertiary/aromatic N) is 2. The SMILES string of the molecule is CCNCc1ccccc1NC(=O)CCc1nc(-c2cccs2)no1. The summed E-state index contributed by atoms with van der Waals surface area (Å²) < 4.78 is 5.22. The number of hydrogen-bond donors (Lipinski definition) is 2. The van der Waals surface area contributed by atoms with Crippen LogP contribution >= 0.6 is 11.3 Å². The third-order valence-corrected chi connectivity index (χ3v) is 4.50. The summed E-state index contributed by atoms with van der Waals surface area (Å²) in [6, 6.07) is 11.7. The maximum atomic E-state index is 12.2. The number of nitrogens with one attached hydrogen (secondary N) is 2. The molecular formula is C18H20N4O2S. The molecule has 0 radical (unpaired) electrons. The number of para-hydroxylation sites is 1. The molecule has 0 fully saturated rings. The van der Waals surface area contributed by atoms with Gasteiger partial charge >= 0.3 is 0 Å². The van der Waals surface area contributed by atoms with Crippen LogP contribution in [0.1, 0.15) is 24.8 Å². The van der Waals surface area contributed by atoms with E-state index in [0.29, 0.717) is 24.6 Å². The number of carbonyl (C=O) groups is 1. The van der Waals surface area contributed by atoms with Gasteiger partial charge in [-0.1, -0.05) is 36.3 Å². The molecule has 2 N–H and O–H groups in total. The zero-order valence-electron chi connectivity index (χ0n) is 14.0. The van der Waals surface area contributed by atoms with Gasteiger partial charge in [0.05, 0.1) is 4.88 Å². The van der Waals surface area contributed by atoms with E-state index in [4.69, 9.17) is 4.52 Å². The topological polar surface area (TPSA) is 80.0 Å². The maximum Gasteiger partial charge on any atom is 0.227 e. The Bertz CT molecular complexity index is 814. The summed E-state index contributed by atoms with van der Waals surface area (Å²) in [5.41, 5.74) is 1.90. The first-order chi connectivity index (χ1) is 12.3. The van der Waals surface area contributed by atoms with Crippen LogP contribution in [0.4, 0.5) is 5.69 Å². The number of carbonyl (C=O) groups excluding carboxylic acids is 1. The Hall–Kier alpha value is -2.51. The highest BCUT2D eigenvalue weighted by atomic mass is 32.1. The molecule has 3 rings (SSSR count). The highest BCUT2D eigenvalue weighted by Gasteiger charge is 2.12. The lowest BCUT2D eigenvalue weighted by atomic mass is 10.1. The molecule has 0 saturated carbocycles. The molecule has 1 amide bonds. The van der Waals surface area contributed by atoms with E-state index in [0.717, 1.165) is 29.2 Å². The Morgan fingerprint density at radius 1 is 1.24 bits per heavy atom. The third-order valence-electron chi connectivity index (χ3n) is 3.63. The number of thiophene rings is 1. The Balaban J connectivity index is 1.55. The first-order valence-electron chi connectivity index (χ1n) is 8.21. The van der Waals surface area contributed by atoms with Crippen molar-refractivity contribution < 1.29 is 9.32 Å². The van der Waals surface area contributed by atoms with E-state index in [2.05, 4.69) is 27.7 Å². The second-order valence-electron chi connectivity index (χ2n) is 5.47. The van der Waals surface area contributed by atoms with E-state index in [9.17, 15) is 4.79 Å². The second kappa shape index (κ2) is 8.55. The number of aromatic nitrogens is 2. The van der Waals surface area contributed by atoms with Gasteiger partial charge in [0, 0.05) is 25.1 Å². The second-order valence-corrected chi connectivity index (χ2v) is 6.42. The first-order valence-corrected chi connectivity index (χ1v) is 9.09. The van der Waals surface area contributed by atoms with Gasteiger partial charge in [0.2, 0.25) is 17.6 Å². The van der Waals surface area contributed by atoms with Gasteiger partial charge in [0.25, 0.3) is 0 Å². The van der Waals surface area contributed by atoms with Crippen LogP contribution in [0, 0.1) is 0 Å². The lowest BCUT2D eigenvalue weighted by Gasteiger charge is -2.11. The molecule has 0 aliphatic rings. The van der Waals surface area contributed by atoms with Crippen molar-refractivity contribution in [2.75, 3.05) is 11.9 Å². The van der Waals surface area contributed by atoms with Gasteiger partial charge in [0.15, 0.2) is 0 Å². The summed E-state index contributed by atoms with van der Waals surface area (Å²) in [6.07, 6.45) is 0.710. The Morgan fingerprint density at radius 2 is 2.12 bits per heavy atom. The number of benzene rings is 1. The molecule has 0 saturated heterocycles. The molecule has 2 heterocycles. The largest absolute Gasteiger partial charge is 0.339 e. The van der Waals surface area contributed by atoms with Crippen molar-refractivity contribution in [1.82, 2.24) is 15.5 Å². The van der Waals surface area contributed by atoms with Gasteiger partial charge < -0.3 is 15.2 Å². The van der Waals surface area contributed by atoms with Gasteiger partial charge in [-0.2, -0.15) is 4.98 Å². The van der Waals surface area contributed by atoms with Crippen molar-refractivity contribution in [2.45, 2.75) is 26.3 Å². The zero-order valence-corrected chi connectivity index (χ0v) is 14.8. The van der Waals surface area contributed by atoms with Crippen molar-refractivity contribution in [3.05, 3.63) is 53.2 Å². The molecule has 7 heteroatoms. The fourth-order valence-corrected chi connectivity index (χ4v) is 3.00. The van der Waals surface area contributed by atoms with Gasteiger partial charge in [-0.3, -0.25) is 4.79 Å². The standard InChI is InChI=1S/C18H20N4O2S/c1-2-19-12-13-6-3-4-7-14(13)20-16(23)9-10-17-21-18(22-24-17)15-8-5-11-25-15/h3-8,11,19H,2,9-10,12H2,1H3,(H,20,23). The van der Waals surface area contributed by atoms with Crippen molar-refractivity contribution in [3.8, 4) is 10.7 Å². The summed E-state index contributed by atoms with van der Waals surface area (Å²) in [7, 11) is 0. The number of aryl methyl sites for hydroxylation is 1. The highest BCUT2D eigenvalue weighted by Crippen LogP contribution is 2.21. The van der Waals surface area contributed by atoms with E-state index < -0.39 is 0 Å². The van der Waals surface area contributed by atoms with Crippen molar-refractivity contribution in [2.24, 2.45) is 0 Å². The predicted octanol–water partition coefficient (Wildman–Crippen LogP) is 3.48. The molecule has 0 aliphatic carbocycles. The minimum atomic E-state index is -0.0696. The van der Waals surface area contributed by atoms with E-state index in [-0.39, 0.29) is 5.91 Å². The molecule has 2 aromatic heterocycles. The molecule has 0 aliphatic heterocycles. The molecule has 25 heavy (non-hydrogen) atoms. The lowest BCUT2D eigenvalue weighted by molar-refractivity contribution is -0.116. The van der Waals surface area contributed by atoms with Crippen LogP contribution in [-0.4, -0.2) is 22.6 Å². The van der Waals surface area contributed by atoms with E-state index in [1.165, 1.54) is 0 Å². The highest BCUT2D eigenvalue weighted by molar-refractivity contribution is 7.13. The molecule has 0 spiro atoms. The quantitative estimate of drug-likeness (QED) is 0.646. The molecule has 0 bridgehead atoms. The number of rotatable bonds is 8. The van der Waals surface area contributed by atoms with Gasteiger partial charge in [-0.25, -0.2) is 0 Å². The predicted molar refractivity (Wildman–Crippen MR) is 98.4 cm³/mol. The number of hydrogen-bond acceptors (Lipinski definition) is 6. The average Bonchev–Trinajstić information content (AvgIpc) is 3.30. The fraction of sp³-hybridized carbons (Fsp3) is 0.278. The van der Waals surface area contributed by atoms with Crippen molar-refractivity contribution in [1.29, 1.82) is 0 Å². The summed E-state index contributed by atoms with van der Waals surface area (Å²) in [5.74, 6) is 0.973. The van der Waals surface area contributed by atoms with Crippen LogP contribution in [0.15, 0.2) is 46.3 Å². The minimum absolute atomic E-state index is 0.0696. The van der Waals surface area contributed by atoms with Gasteiger partial charge in [0.1, 0.15) is 0 Å². The Labute approximate surface area is 150 Å². The first kappa shape index (κ1) is 17.3. The molecule has 3 aromatic rings. The van der Waals surface area contributed by atoms with Crippen LogP contribution in [0.5, 0.6) is 0 Å². The van der Waals surface area contributed by atoms with Gasteiger partial charge in [-0.05, 0) is 29.6 Å². The van der Waals surface area contributed by atoms with E-state index in [1.807, 2.05) is 41.8 Å². The van der Waals surface area contributed by atoms with E-state index >= 15 is 0 Å². The van der Waals surface area contributed by atoms with Crippen LogP contribution in [0.2, 0.25) is 0 Å². The molecule has 130 valence electrons. The smallest absolute Gasteiger partial charge is 0.227 e. The minimum Gasteiger partial charge on any atom is -0.339 e. The lowest BCUT2D eigenvalue weighted by Crippen LogP contribution is -2.17. The van der Waals surface area contributed by atoms with Crippen LogP contribution in [0.25, 0.3) is 10.7 Å². The van der Waals surface area contributed by atoms with Gasteiger partial charge in [-0.15, -0.1) is 11.3 Å². The Morgan fingerprint density at radius 3 is 2.92 bits per heavy atom.